The summed E-state index contributed by atoms with van der Waals surface area (Å²) in [6.45, 7) is 7.42. The number of ketones is 1. The number of hydrogen-bond acceptors (Lipinski definition) is 3. The van der Waals surface area contributed by atoms with Crippen LogP contribution >= 0.6 is 0 Å². The van der Waals surface area contributed by atoms with Crippen LogP contribution < -0.4 is 0 Å². The van der Waals surface area contributed by atoms with Crippen molar-refractivity contribution in [2.45, 2.75) is 34.1 Å². The van der Waals surface area contributed by atoms with Gasteiger partial charge in [0.2, 0.25) is 0 Å². The van der Waals surface area contributed by atoms with Crippen LogP contribution in [0.4, 0.5) is 0 Å². The quantitative estimate of drug-likeness (QED) is 0.629. The van der Waals surface area contributed by atoms with Gasteiger partial charge in [0, 0.05) is 12.1 Å². The van der Waals surface area contributed by atoms with Crippen molar-refractivity contribution in [3.8, 4) is 0 Å². The lowest BCUT2D eigenvalue weighted by molar-refractivity contribution is 0.0525. The summed E-state index contributed by atoms with van der Waals surface area (Å²) in [7, 11) is 0. The van der Waals surface area contributed by atoms with Gasteiger partial charge in [0.25, 0.3) is 0 Å². The number of carbonyl (C=O) groups excluding carboxylic acids is 2. The number of hydrogen-bond donors (Lipinski definition) is 1. The van der Waals surface area contributed by atoms with Crippen molar-refractivity contribution in [2.24, 2.45) is 0 Å². The number of aromatic nitrogens is 1. The Bertz CT molecular complexity index is 418. The average molecular weight is 223 g/mol. The molecule has 0 fully saturated rings. The summed E-state index contributed by atoms with van der Waals surface area (Å²) in [6, 6.07) is 0. The average Bonchev–Trinajstić information content (AvgIpc) is 2.53. The second kappa shape index (κ2) is 4.96. The SMILES string of the molecule is CCOC(=O)c1c(C)[nH]c(C(=O)CC)c1C. The van der Waals surface area contributed by atoms with Gasteiger partial charge in [-0.3, -0.25) is 4.79 Å². The van der Waals surface area contributed by atoms with E-state index in [0.29, 0.717) is 35.5 Å². The summed E-state index contributed by atoms with van der Waals surface area (Å²) in [4.78, 5) is 26.2. The topological polar surface area (TPSA) is 59.2 Å². The van der Waals surface area contributed by atoms with E-state index in [9.17, 15) is 9.59 Å². The molecule has 4 nitrogen and oxygen atoms in total. The first-order chi connectivity index (χ1) is 7.52. The van der Waals surface area contributed by atoms with Crippen molar-refractivity contribution < 1.29 is 14.3 Å². The lowest BCUT2D eigenvalue weighted by atomic mass is 10.1. The van der Waals surface area contributed by atoms with Crippen LogP contribution in [0.1, 0.15) is 52.4 Å². The first kappa shape index (κ1) is 12.5. The third-order valence-corrected chi connectivity index (χ3v) is 2.52. The Morgan fingerprint density at radius 2 is 1.88 bits per heavy atom. The number of ether oxygens (including phenoxy) is 1. The number of Topliss-reactive ketones (excluding diaryl/α,β-unsaturated/α-hetero) is 1. The number of rotatable bonds is 4. The molecule has 16 heavy (non-hydrogen) atoms. The van der Waals surface area contributed by atoms with E-state index in [1.54, 1.807) is 27.7 Å². The summed E-state index contributed by atoms with van der Waals surface area (Å²) in [5.74, 6) is -0.361. The lowest BCUT2D eigenvalue weighted by Crippen LogP contribution is -2.07. The minimum absolute atomic E-state index is 0.0103. The first-order valence-corrected chi connectivity index (χ1v) is 5.42. The van der Waals surface area contributed by atoms with Crippen LogP contribution in [0.3, 0.4) is 0 Å². The van der Waals surface area contributed by atoms with Crippen molar-refractivity contribution in [3.05, 3.63) is 22.5 Å². The molecule has 0 radical (unpaired) electrons. The van der Waals surface area contributed by atoms with Crippen LogP contribution in [0.25, 0.3) is 0 Å². The highest BCUT2D eigenvalue weighted by Crippen LogP contribution is 2.20. The third kappa shape index (κ3) is 2.15. The largest absolute Gasteiger partial charge is 0.462 e. The Morgan fingerprint density at radius 1 is 1.25 bits per heavy atom. The van der Waals surface area contributed by atoms with Gasteiger partial charge in [-0.25, -0.2) is 4.79 Å². The summed E-state index contributed by atoms with van der Waals surface area (Å²) in [5, 5.41) is 0. The van der Waals surface area contributed by atoms with E-state index in [1.165, 1.54) is 0 Å². The maximum Gasteiger partial charge on any atom is 0.340 e. The van der Waals surface area contributed by atoms with Gasteiger partial charge in [-0.1, -0.05) is 6.92 Å². The molecule has 0 aliphatic rings. The van der Waals surface area contributed by atoms with Gasteiger partial charge in [0.1, 0.15) is 0 Å². The van der Waals surface area contributed by atoms with Crippen molar-refractivity contribution in [1.29, 1.82) is 0 Å². The molecular weight excluding hydrogens is 206 g/mol. The smallest absolute Gasteiger partial charge is 0.340 e. The molecular formula is C12H17NO3. The zero-order valence-corrected chi connectivity index (χ0v) is 10.1. The molecule has 0 aliphatic heterocycles. The highest BCUT2D eigenvalue weighted by Gasteiger charge is 2.21. The molecule has 88 valence electrons. The molecule has 0 atom stereocenters. The Morgan fingerprint density at radius 3 is 2.38 bits per heavy atom. The monoisotopic (exact) mass is 223 g/mol. The fraction of sp³-hybridized carbons (Fsp3) is 0.500. The molecule has 1 N–H and O–H groups in total. The van der Waals surface area contributed by atoms with Gasteiger partial charge in [-0.15, -0.1) is 0 Å². The van der Waals surface area contributed by atoms with Crippen LogP contribution in [0, 0.1) is 13.8 Å². The molecule has 0 saturated heterocycles. The van der Waals surface area contributed by atoms with Crippen LogP contribution in [-0.4, -0.2) is 23.3 Å². The zero-order valence-electron chi connectivity index (χ0n) is 10.1. The maximum absolute atomic E-state index is 11.7. The van der Waals surface area contributed by atoms with E-state index in [0.717, 1.165) is 0 Å². The Hall–Kier alpha value is -1.58. The molecule has 0 unspecified atom stereocenters. The lowest BCUT2D eigenvalue weighted by Gasteiger charge is -2.02. The standard InChI is InChI=1S/C12H17NO3/c1-5-9(14)11-7(3)10(8(4)13-11)12(15)16-6-2/h13H,5-6H2,1-4H3. The highest BCUT2D eigenvalue weighted by molar-refractivity contribution is 6.01. The molecule has 1 rings (SSSR count). The zero-order chi connectivity index (χ0) is 12.3. The molecule has 0 saturated carbocycles. The molecule has 1 aromatic heterocycles. The molecule has 1 heterocycles. The molecule has 0 spiro atoms. The Labute approximate surface area is 95.0 Å². The van der Waals surface area contributed by atoms with Gasteiger partial charge in [-0.2, -0.15) is 0 Å². The van der Waals surface area contributed by atoms with Crippen molar-refractivity contribution in [3.63, 3.8) is 0 Å². The predicted octanol–water partition coefficient (Wildman–Crippen LogP) is 2.40. The fourth-order valence-corrected chi connectivity index (χ4v) is 1.72. The van der Waals surface area contributed by atoms with Crippen LogP contribution in [0.15, 0.2) is 0 Å². The van der Waals surface area contributed by atoms with Crippen molar-refractivity contribution >= 4 is 11.8 Å². The Balaban J connectivity index is 3.17. The van der Waals surface area contributed by atoms with E-state index < -0.39 is 0 Å². The third-order valence-electron chi connectivity index (χ3n) is 2.52. The van der Waals surface area contributed by atoms with Gasteiger partial charge in [-0.05, 0) is 26.3 Å². The molecule has 0 amide bonds. The number of carbonyl (C=O) groups is 2. The predicted molar refractivity (Wildman–Crippen MR) is 60.8 cm³/mol. The van der Waals surface area contributed by atoms with Crippen molar-refractivity contribution in [1.82, 2.24) is 4.98 Å². The molecule has 0 aromatic carbocycles. The number of nitrogens with one attached hydrogen (secondary N) is 1. The molecule has 0 aliphatic carbocycles. The van der Waals surface area contributed by atoms with Gasteiger partial charge >= 0.3 is 5.97 Å². The fourth-order valence-electron chi connectivity index (χ4n) is 1.72. The van der Waals surface area contributed by atoms with Crippen LogP contribution in [0.2, 0.25) is 0 Å². The van der Waals surface area contributed by atoms with E-state index in [-0.39, 0.29) is 11.8 Å². The molecule has 0 bridgehead atoms. The number of aryl methyl sites for hydroxylation is 1. The van der Waals surface area contributed by atoms with E-state index in [1.807, 2.05) is 0 Å². The summed E-state index contributed by atoms with van der Waals surface area (Å²) in [6.07, 6.45) is 0.420. The minimum Gasteiger partial charge on any atom is -0.462 e. The normalized spacial score (nSPS) is 10.2. The molecule has 4 heteroatoms. The second-order valence-corrected chi connectivity index (χ2v) is 3.62. The number of H-pyrrole nitrogens is 1. The van der Waals surface area contributed by atoms with Crippen LogP contribution in [0.5, 0.6) is 0 Å². The number of esters is 1. The first-order valence-electron chi connectivity index (χ1n) is 5.42. The van der Waals surface area contributed by atoms with Gasteiger partial charge < -0.3 is 9.72 Å². The van der Waals surface area contributed by atoms with E-state index in [4.69, 9.17) is 4.74 Å². The van der Waals surface area contributed by atoms with Crippen LogP contribution in [-0.2, 0) is 4.74 Å². The maximum atomic E-state index is 11.7. The van der Waals surface area contributed by atoms with Gasteiger partial charge in [0.15, 0.2) is 5.78 Å². The minimum atomic E-state index is -0.371. The second-order valence-electron chi connectivity index (χ2n) is 3.62. The summed E-state index contributed by atoms with van der Waals surface area (Å²) >= 11 is 0. The van der Waals surface area contributed by atoms with E-state index >= 15 is 0 Å². The highest BCUT2D eigenvalue weighted by atomic mass is 16.5. The van der Waals surface area contributed by atoms with E-state index in [2.05, 4.69) is 4.98 Å². The van der Waals surface area contributed by atoms with Gasteiger partial charge in [0.05, 0.1) is 17.9 Å². The summed E-state index contributed by atoms with van der Waals surface area (Å²) < 4.78 is 4.95. The number of aromatic amines is 1. The Kier molecular flexibility index (Phi) is 3.88. The van der Waals surface area contributed by atoms with Crippen molar-refractivity contribution in [2.75, 3.05) is 6.61 Å². The molecule has 1 aromatic rings. The summed E-state index contributed by atoms with van der Waals surface area (Å²) in [5.41, 5.74) is 2.37.